The second kappa shape index (κ2) is 5.20. The molecule has 3 rings (SSSR count). The summed E-state index contributed by atoms with van der Waals surface area (Å²) in [5.41, 5.74) is 0.310. The Balaban J connectivity index is 1.89. The monoisotopic (exact) mass is 276 g/mol. The fourth-order valence-corrected chi connectivity index (χ4v) is 5.48. The summed E-state index contributed by atoms with van der Waals surface area (Å²) in [6, 6.07) is 0. The first kappa shape index (κ1) is 14.2. The summed E-state index contributed by atoms with van der Waals surface area (Å²) in [5, 5.41) is 0. The normalized spacial score (nSPS) is 43.5. The number of fused-ring (bicyclic) bond motifs is 3. The summed E-state index contributed by atoms with van der Waals surface area (Å²) in [6.45, 7) is 7.75. The third-order valence-corrected chi connectivity index (χ3v) is 6.32. The Hall–Kier alpha value is -0.790. The van der Waals surface area contributed by atoms with Gasteiger partial charge in [0.2, 0.25) is 0 Å². The number of ether oxygens (including phenoxy) is 1. The summed E-state index contributed by atoms with van der Waals surface area (Å²) in [7, 11) is 0. The Labute approximate surface area is 123 Å². The molecule has 2 heteroatoms. The van der Waals surface area contributed by atoms with E-state index in [9.17, 15) is 4.79 Å². The molecule has 0 heterocycles. The van der Waals surface area contributed by atoms with Crippen LogP contribution in [0.5, 0.6) is 0 Å². The van der Waals surface area contributed by atoms with Crippen molar-refractivity contribution in [3.63, 3.8) is 0 Å². The van der Waals surface area contributed by atoms with Crippen molar-refractivity contribution in [2.45, 2.75) is 70.8 Å². The molecule has 0 aliphatic heterocycles. The van der Waals surface area contributed by atoms with Crippen molar-refractivity contribution in [1.29, 1.82) is 0 Å². The van der Waals surface area contributed by atoms with E-state index in [0.717, 1.165) is 11.8 Å². The van der Waals surface area contributed by atoms with Crippen molar-refractivity contribution in [3.8, 4) is 0 Å². The smallest absolute Gasteiger partial charge is 0.333 e. The van der Waals surface area contributed by atoms with Gasteiger partial charge >= 0.3 is 5.97 Å². The third-order valence-electron chi connectivity index (χ3n) is 6.32. The van der Waals surface area contributed by atoms with Crippen LogP contribution in [0, 0.1) is 23.7 Å². The highest BCUT2D eigenvalue weighted by molar-refractivity contribution is 5.87. The molecule has 0 aromatic carbocycles. The molecule has 3 aliphatic carbocycles. The molecule has 4 atom stereocenters. The second-order valence-electron chi connectivity index (χ2n) is 7.46. The number of rotatable bonds is 2. The van der Waals surface area contributed by atoms with Crippen LogP contribution in [0.2, 0.25) is 0 Å². The van der Waals surface area contributed by atoms with E-state index in [0.29, 0.717) is 17.4 Å². The van der Waals surface area contributed by atoms with Gasteiger partial charge in [-0.3, -0.25) is 0 Å². The predicted octanol–water partition coefficient (Wildman–Crippen LogP) is 4.49. The second-order valence-corrected chi connectivity index (χ2v) is 7.46. The Bertz CT molecular complexity index is 390. The molecule has 2 nitrogen and oxygen atoms in total. The quantitative estimate of drug-likeness (QED) is 0.548. The molecule has 3 saturated carbocycles. The van der Waals surface area contributed by atoms with Gasteiger partial charge in [0, 0.05) is 17.4 Å². The lowest BCUT2D eigenvalue weighted by molar-refractivity contribution is -0.165. The maximum absolute atomic E-state index is 12.1. The standard InChI is InChI=1S/C18H28O2/c1-12(2)17(19)20-18(3)15-10-6-4-8-13(15)14-9-5-7-11-16(14)18/h13-16H,1,4-11H2,2-3H3. The first-order chi connectivity index (χ1) is 9.54. The van der Waals surface area contributed by atoms with Crippen LogP contribution in [0.3, 0.4) is 0 Å². The minimum Gasteiger partial charge on any atom is -0.455 e. The van der Waals surface area contributed by atoms with Gasteiger partial charge < -0.3 is 4.74 Å². The van der Waals surface area contributed by atoms with Crippen molar-refractivity contribution in [3.05, 3.63) is 12.2 Å². The van der Waals surface area contributed by atoms with Crippen LogP contribution in [0.4, 0.5) is 0 Å². The van der Waals surface area contributed by atoms with Gasteiger partial charge in [-0.1, -0.05) is 32.3 Å². The van der Waals surface area contributed by atoms with Crippen LogP contribution in [0.25, 0.3) is 0 Å². The van der Waals surface area contributed by atoms with E-state index < -0.39 is 0 Å². The highest BCUT2D eigenvalue weighted by atomic mass is 16.6. The van der Waals surface area contributed by atoms with Crippen molar-refractivity contribution in [2.24, 2.45) is 23.7 Å². The summed E-state index contributed by atoms with van der Waals surface area (Å²) in [4.78, 5) is 12.1. The molecule has 0 radical (unpaired) electrons. The van der Waals surface area contributed by atoms with Gasteiger partial charge in [-0.2, -0.15) is 0 Å². The number of carbonyl (C=O) groups is 1. The van der Waals surface area contributed by atoms with E-state index in [1.807, 2.05) is 0 Å². The fraction of sp³-hybridized carbons (Fsp3) is 0.833. The van der Waals surface area contributed by atoms with Gasteiger partial charge in [0.1, 0.15) is 5.60 Å². The lowest BCUT2D eigenvalue weighted by atomic mass is 9.73. The van der Waals surface area contributed by atoms with Crippen LogP contribution < -0.4 is 0 Å². The van der Waals surface area contributed by atoms with E-state index in [4.69, 9.17) is 4.74 Å². The zero-order valence-electron chi connectivity index (χ0n) is 13.0. The van der Waals surface area contributed by atoms with Crippen LogP contribution in [-0.4, -0.2) is 11.6 Å². The molecule has 3 fully saturated rings. The molecule has 0 aromatic heterocycles. The van der Waals surface area contributed by atoms with Crippen molar-refractivity contribution >= 4 is 5.97 Å². The molecule has 0 spiro atoms. The zero-order valence-corrected chi connectivity index (χ0v) is 13.0. The molecule has 112 valence electrons. The van der Waals surface area contributed by atoms with E-state index in [-0.39, 0.29) is 11.6 Å². The van der Waals surface area contributed by atoms with Crippen LogP contribution in [0.15, 0.2) is 12.2 Å². The zero-order chi connectivity index (χ0) is 14.3. The Morgan fingerprint density at radius 1 is 1.00 bits per heavy atom. The van der Waals surface area contributed by atoms with Gasteiger partial charge in [-0.25, -0.2) is 4.79 Å². The van der Waals surface area contributed by atoms with Crippen molar-refractivity contribution in [1.82, 2.24) is 0 Å². The van der Waals surface area contributed by atoms with E-state index in [1.165, 1.54) is 51.4 Å². The van der Waals surface area contributed by atoms with Crippen LogP contribution in [0.1, 0.15) is 65.2 Å². The highest BCUT2D eigenvalue weighted by Gasteiger charge is 2.59. The molecule has 0 N–H and O–H groups in total. The van der Waals surface area contributed by atoms with Gasteiger partial charge in [-0.05, 0) is 51.4 Å². The van der Waals surface area contributed by atoms with Crippen LogP contribution in [-0.2, 0) is 9.53 Å². The number of hydrogen-bond donors (Lipinski definition) is 0. The molecular weight excluding hydrogens is 248 g/mol. The molecule has 3 aliphatic rings. The Kier molecular flexibility index (Phi) is 3.68. The average molecular weight is 276 g/mol. The van der Waals surface area contributed by atoms with Gasteiger partial charge in [0.05, 0.1) is 0 Å². The largest absolute Gasteiger partial charge is 0.455 e. The van der Waals surface area contributed by atoms with Crippen molar-refractivity contribution < 1.29 is 9.53 Å². The van der Waals surface area contributed by atoms with E-state index >= 15 is 0 Å². The Morgan fingerprint density at radius 2 is 1.45 bits per heavy atom. The minimum atomic E-state index is -0.230. The maximum Gasteiger partial charge on any atom is 0.333 e. The fourth-order valence-electron chi connectivity index (χ4n) is 5.48. The first-order valence-corrected chi connectivity index (χ1v) is 8.43. The van der Waals surface area contributed by atoms with E-state index in [1.54, 1.807) is 6.92 Å². The molecule has 0 aromatic rings. The average Bonchev–Trinajstić information content (AvgIpc) is 2.70. The first-order valence-electron chi connectivity index (χ1n) is 8.43. The number of esters is 1. The topological polar surface area (TPSA) is 26.3 Å². The minimum absolute atomic E-state index is 0.178. The van der Waals surface area contributed by atoms with Gasteiger partial charge in [-0.15, -0.1) is 0 Å². The molecule has 4 unspecified atom stereocenters. The third kappa shape index (κ3) is 2.12. The highest BCUT2D eigenvalue weighted by Crippen LogP contribution is 2.60. The molecule has 0 bridgehead atoms. The van der Waals surface area contributed by atoms with E-state index in [2.05, 4.69) is 13.5 Å². The van der Waals surface area contributed by atoms with Crippen LogP contribution >= 0.6 is 0 Å². The Morgan fingerprint density at radius 3 is 1.90 bits per heavy atom. The number of hydrogen-bond acceptors (Lipinski definition) is 2. The molecule has 20 heavy (non-hydrogen) atoms. The maximum atomic E-state index is 12.1. The predicted molar refractivity (Wildman–Crippen MR) is 80.2 cm³/mol. The SMILES string of the molecule is C=C(C)C(=O)OC1(C)C2CCCCC2C2CCCCC21. The number of carbonyl (C=O) groups excluding carboxylic acids is 1. The molecule has 0 amide bonds. The summed E-state index contributed by atoms with van der Waals surface area (Å²) in [6.07, 6.45) is 10.6. The summed E-state index contributed by atoms with van der Waals surface area (Å²) >= 11 is 0. The lowest BCUT2D eigenvalue weighted by Crippen LogP contribution is -2.44. The van der Waals surface area contributed by atoms with Crippen molar-refractivity contribution in [2.75, 3.05) is 0 Å². The lowest BCUT2D eigenvalue weighted by Gasteiger charge is -2.40. The van der Waals surface area contributed by atoms with Gasteiger partial charge in [0.25, 0.3) is 0 Å². The van der Waals surface area contributed by atoms with Gasteiger partial charge in [0.15, 0.2) is 0 Å². The summed E-state index contributed by atoms with van der Waals surface area (Å²) in [5.74, 6) is 2.61. The summed E-state index contributed by atoms with van der Waals surface area (Å²) < 4.78 is 6.06. The molecule has 0 saturated heterocycles. The molecular formula is C18H28O2.